The van der Waals surface area contributed by atoms with Crippen LogP contribution in [0.4, 0.5) is 5.95 Å². The van der Waals surface area contributed by atoms with Crippen molar-refractivity contribution >= 4 is 12.2 Å². The van der Waals surface area contributed by atoms with E-state index in [4.69, 9.17) is 0 Å². The molecular weight excluding hydrogens is 218 g/mol. The van der Waals surface area contributed by atoms with Crippen molar-refractivity contribution in [3.63, 3.8) is 0 Å². The van der Waals surface area contributed by atoms with Crippen molar-refractivity contribution in [1.29, 1.82) is 0 Å². The predicted molar refractivity (Wildman–Crippen MR) is 66.2 cm³/mol. The molecule has 0 atom stereocenters. The minimum Gasteiger partial charge on any atom is -0.350 e. The summed E-state index contributed by atoms with van der Waals surface area (Å²) in [4.78, 5) is 17.8. The van der Waals surface area contributed by atoms with E-state index >= 15 is 0 Å². The monoisotopic (exact) mass is 231 g/mol. The minimum atomic E-state index is -0.200. The minimum absolute atomic E-state index is 0.200. The Labute approximate surface area is 98.0 Å². The van der Waals surface area contributed by atoms with Gasteiger partial charge in [0, 0.05) is 25.0 Å². The highest BCUT2D eigenvalue weighted by Crippen LogP contribution is 1.97. The van der Waals surface area contributed by atoms with Crippen LogP contribution in [0.5, 0.6) is 0 Å². The molecule has 2 aromatic heterocycles. The number of hydrazone groups is 1. The van der Waals surface area contributed by atoms with Gasteiger partial charge in [-0.25, -0.2) is 10.4 Å². The van der Waals surface area contributed by atoms with Gasteiger partial charge in [0.2, 0.25) is 5.95 Å². The van der Waals surface area contributed by atoms with Crippen LogP contribution in [0.2, 0.25) is 0 Å². The second-order valence-corrected chi connectivity index (χ2v) is 3.65. The average Bonchev–Trinajstić information content (AvgIpc) is 2.63. The highest BCUT2D eigenvalue weighted by Gasteiger charge is 1.95. The molecule has 0 saturated carbocycles. The van der Waals surface area contributed by atoms with E-state index in [-0.39, 0.29) is 5.56 Å². The number of hydrogen-bond donors (Lipinski definition) is 2. The number of nitrogens with zero attached hydrogens (tertiary/aromatic N) is 3. The number of hydrogen-bond acceptors (Lipinski definition) is 4. The van der Waals surface area contributed by atoms with Gasteiger partial charge in [-0.3, -0.25) is 9.78 Å². The van der Waals surface area contributed by atoms with Crippen LogP contribution in [0, 0.1) is 6.92 Å². The first-order valence-corrected chi connectivity index (χ1v) is 5.13. The Morgan fingerprint density at radius 1 is 1.59 bits per heavy atom. The van der Waals surface area contributed by atoms with Gasteiger partial charge in [0.15, 0.2) is 0 Å². The van der Waals surface area contributed by atoms with Crippen LogP contribution < -0.4 is 11.0 Å². The van der Waals surface area contributed by atoms with E-state index in [2.05, 4.69) is 20.5 Å². The van der Waals surface area contributed by atoms with E-state index in [0.29, 0.717) is 11.6 Å². The standard InChI is InChI=1S/C11H13N5O/c1-8-6-10(17)14-11(13-8)15-12-7-9-4-3-5-16(9)2/h3-7H,1-2H3,(H2,13,14,15,17)/b12-7-. The summed E-state index contributed by atoms with van der Waals surface area (Å²) >= 11 is 0. The smallest absolute Gasteiger partial charge is 0.252 e. The maximum Gasteiger partial charge on any atom is 0.252 e. The largest absolute Gasteiger partial charge is 0.350 e. The van der Waals surface area contributed by atoms with Gasteiger partial charge in [0.25, 0.3) is 5.56 Å². The Kier molecular flexibility index (Phi) is 3.04. The Balaban J connectivity index is 2.10. The van der Waals surface area contributed by atoms with E-state index in [1.807, 2.05) is 29.9 Å². The van der Waals surface area contributed by atoms with Gasteiger partial charge >= 0.3 is 0 Å². The molecule has 0 radical (unpaired) electrons. The van der Waals surface area contributed by atoms with Crippen LogP contribution in [0.25, 0.3) is 0 Å². The molecular formula is C11H13N5O. The lowest BCUT2D eigenvalue weighted by molar-refractivity contribution is 0.917. The average molecular weight is 231 g/mol. The predicted octanol–water partition coefficient (Wildman–Crippen LogP) is 0.863. The van der Waals surface area contributed by atoms with Crippen LogP contribution >= 0.6 is 0 Å². The zero-order valence-corrected chi connectivity index (χ0v) is 9.64. The van der Waals surface area contributed by atoms with E-state index in [9.17, 15) is 4.79 Å². The maximum atomic E-state index is 11.2. The molecule has 0 aliphatic heterocycles. The van der Waals surface area contributed by atoms with Gasteiger partial charge in [-0.05, 0) is 19.1 Å². The molecule has 0 saturated heterocycles. The van der Waals surface area contributed by atoms with Crippen LogP contribution in [0.1, 0.15) is 11.4 Å². The van der Waals surface area contributed by atoms with Crippen LogP contribution in [-0.2, 0) is 7.05 Å². The molecule has 0 aliphatic rings. The normalized spacial score (nSPS) is 10.9. The van der Waals surface area contributed by atoms with Crippen molar-refractivity contribution < 1.29 is 0 Å². The molecule has 0 aromatic carbocycles. The summed E-state index contributed by atoms with van der Waals surface area (Å²) in [6, 6.07) is 5.28. The number of aromatic nitrogens is 3. The lowest BCUT2D eigenvalue weighted by Gasteiger charge is -2.00. The Hall–Kier alpha value is -2.37. The van der Waals surface area contributed by atoms with E-state index < -0.39 is 0 Å². The van der Waals surface area contributed by atoms with Crippen molar-refractivity contribution in [1.82, 2.24) is 14.5 Å². The number of aromatic amines is 1. The molecule has 17 heavy (non-hydrogen) atoms. The second kappa shape index (κ2) is 4.65. The highest BCUT2D eigenvalue weighted by molar-refractivity contribution is 5.77. The number of aryl methyl sites for hydroxylation is 2. The molecule has 0 bridgehead atoms. The van der Waals surface area contributed by atoms with Crippen molar-refractivity contribution in [3.8, 4) is 0 Å². The third-order valence-corrected chi connectivity index (χ3v) is 2.22. The first-order chi connectivity index (χ1) is 8.15. The fourth-order valence-corrected chi connectivity index (χ4v) is 1.40. The van der Waals surface area contributed by atoms with Crippen molar-refractivity contribution in [3.05, 3.63) is 46.1 Å². The Bertz CT molecular complexity index is 596. The zero-order chi connectivity index (χ0) is 12.3. The maximum absolute atomic E-state index is 11.2. The van der Waals surface area contributed by atoms with Gasteiger partial charge in [0.05, 0.1) is 11.9 Å². The first kappa shape index (κ1) is 11.1. The Morgan fingerprint density at radius 3 is 3.06 bits per heavy atom. The molecule has 0 aliphatic carbocycles. The third-order valence-electron chi connectivity index (χ3n) is 2.22. The molecule has 6 heteroatoms. The van der Waals surface area contributed by atoms with Crippen molar-refractivity contribution in [2.24, 2.45) is 12.1 Å². The fourth-order valence-electron chi connectivity index (χ4n) is 1.40. The topological polar surface area (TPSA) is 75.1 Å². The molecule has 2 rings (SSSR count). The molecule has 2 aromatic rings. The molecule has 6 nitrogen and oxygen atoms in total. The van der Waals surface area contributed by atoms with E-state index in [1.54, 1.807) is 13.1 Å². The van der Waals surface area contributed by atoms with Crippen LogP contribution in [-0.4, -0.2) is 20.7 Å². The van der Waals surface area contributed by atoms with E-state index in [0.717, 1.165) is 5.69 Å². The molecule has 88 valence electrons. The fraction of sp³-hybridized carbons (Fsp3) is 0.182. The molecule has 0 amide bonds. The molecule has 0 fully saturated rings. The van der Waals surface area contributed by atoms with E-state index in [1.165, 1.54) is 6.07 Å². The van der Waals surface area contributed by atoms with Crippen LogP contribution in [0.15, 0.2) is 34.3 Å². The number of nitrogens with one attached hydrogen (secondary N) is 2. The van der Waals surface area contributed by atoms with Gasteiger partial charge in [-0.1, -0.05) is 0 Å². The molecule has 0 unspecified atom stereocenters. The lowest BCUT2D eigenvalue weighted by atomic mass is 10.4. The summed E-state index contributed by atoms with van der Waals surface area (Å²) in [5.41, 5.74) is 4.08. The summed E-state index contributed by atoms with van der Waals surface area (Å²) < 4.78 is 1.93. The number of H-pyrrole nitrogens is 1. The summed E-state index contributed by atoms with van der Waals surface area (Å²) in [5, 5.41) is 4.00. The quantitative estimate of drug-likeness (QED) is 0.607. The molecule has 0 spiro atoms. The number of anilines is 1. The summed E-state index contributed by atoms with van der Waals surface area (Å²) in [6.07, 6.45) is 3.58. The van der Waals surface area contributed by atoms with Gasteiger partial charge < -0.3 is 4.57 Å². The Morgan fingerprint density at radius 2 is 2.41 bits per heavy atom. The SMILES string of the molecule is Cc1cc(=O)[nH]c(N/N=C\c2cccn2C)n1. The number of rotatable bonds is 3. The van der Waals surface area contributed by atoms with Gasteiger partial charge in [-0.2, -0.15) is 5.10 Å². The highest BCUT2D eigenvalue weighted by atomic mass is 16.1. The molecule has 2 N–H and O–H groups in total. The zero-order valence-electron chi connectivity index (χ0n) is 9.64. The molecule has 2 heterocycles. The van der Waals surface area contributed by atoms with Gasteiger partial charge in [0.1, 0.15) is 0 Å². The first-order valence-electron chi connectivity index (χ1n) is 5.13. The summed E-state index contributed by atoms with van der Waals surface area (Å²) in [7, 11) is 1.92. The summed E-state index contributed by atoms with van der Waals surface area (Å²) in [6.45, 7) is 1.75. The van der Waals surface area contributed by atoms with Crippen molar-refractivity contribution in [2.45, 2.75) is 6.92 Å². The van der Waals surface area contributed by atoms with Crippen LogP contribution in [0.3, 0.4) is 0 Å². The van der Waals surface area contributed by atoms with Gasteiger partial charge in [-0.15, -0.1) is 0 Å². The summed E-state index contributed by atoms with van der Waals surface area (Å²) in [5.74, 6) is 0.334. The third kappa shape index (κ3) is 2.81. The lowest BCUT2D eigenvalue weighted by Crippen LogP contribution is -2.10. The second-order valence-electron chi connectivity index (χ2n) is 3.65. The van der Waals surface area contributed by atoms with Crippen molar-refractivity contribution in [2.75, 3.05) is 5.43 Å².